The van der Waals surface area contributed by atoms with Gasteiger partial charge in [-0.3, -0.25) is 4.79 Å². The molecule has 0 saturated heterocycles. The van der Waals surface area contributed by atoms with Gasteiger partial charge in [-0.2, -0.15) is 5.26 Å². The highest BCUT2D eigenvalue weighted by Crippen LogP contribution is 2.31. The van der Waals surface area contributed by atoms with E-state index >= 15 is 0 Å². The standard InChI is InChI=1S/C27H22ClN3O3/c28-22-12-5-4-10-20(22)13-14-23-24(26(32)34-17-18-7-2-1-3-8-18)25(31-27(33)30-23)21-11-6-9-19(15-21)16-29/h1-12,15,24-25H,13-14,17H2,(H,31,33). The van der Waals surface area contributed by atoms with Crippen molar-refractivity contribution in [3.05, 3.63) is 106 Å². The van der Waals surface area contributed by atoms with E-state index in [0.717, 1.165) is 11.1 Å². The number of nitrogens with zero attached hydrogens (tertiary/aromatic N) is 2. The number of aryl methyl sites for hydroxylation is 1. The maximum absolute atomic E-state index is 13.4. The second-order valence-electron chi connectivity index (χ2n) is 7.93. The Morgan fingerprint density at radius 3 is 2.56 bits per heavy atom. The van der Waals surface area contributed by atoms with Crippen molar-refractivity contribution in [2.45, 2.75) is 25.5 Å². The Kier molecular flexibility index (Phi) is 7.36. The van der Waals surface area contributed by atoms with E-state index in [1.54, 1.807) is 30.3 Å². The van der Waals surface area contributed by atoms with Gasteiger partial charge in [-0.05, 0) is 47.7 Å². The number of halogens is 1. The average molecular weight is 472 g/mol. The maximum Gasteiger partial charge on any atom is 0.341 e. The van der Waals surface area contributed by atoms with Crippen LogP contribution in [0, 0.1) is 17.2 Å². The first kappa shape index (κ1) is 23.2. The lowest BCUT2D eigenvalue weighted by Gasteiger charge is -2.31. The summed E-state index contributed by atoms with van der Waals surface area (Å²) < 4.78 is 5.65. The number of rotatable bonds is 7. The van der Waals surface area contributed by atoms with Crippen molar-refractivity contribution in [3.63, 3.8) is 0 Å². The second-order valence-corrected chi connectivity index (χ2v) is 8.34. The minimum atomic E-state index is -0.835. The Morgan fingerprint density at radius 2 is 1.79 bits per heavy atom. The van der Waals surface area contributed by atoms with Crippen LogP contribution in [0.5, 0.6) is 0 Å². The molecule has 0 bridgehead atoms. The number of hydrogen-bond acceptors (Lipinski definition) is 4. The largest absolute Gasteiger partial charge is 0.460 e. The molecule has 1 aliphatic heterocycles. The number of aliphatic imine (C=N–C) groups is 1. The van der Waals surface area contributed by atoms with Crippen LogP contribution < -0.4 is 5.32 Å². The third-order valence-corrected chi connectivity index (χ3v) is 6.05. The Morgan fingerprint density at radius 1 is 1.03 bits per heavy atom. The van der Waals surface area contributed by atoms with Crippen LogP contribution in [0.3, 0.4) is 0 Å². The van der Waals surface area contributed by atoms with Crippen LogP contribution in [0.1, 0.15) is 34.7 Å². The molecule has 1 N–H and O–H groups in total. The number of hydrogen-bond donors (Lipinski definition) is 1. The zero-order valence-electron chi connectivity index (χ0n) is 18.3. The number of urea groups is 1. The van der Waals surface area contributed by atoms with Crippen LogP contribution in [-0.2, 0) is 22.6 Å². The zero-order valence-corrected chi connectivity index (χ0v) is 19.0. The van der Waals surface area contributed by atoms with Crippen molar-refractivity contribution in [1.29, 1.82) is 5.26 Å². The molecule has 0 spiro atoms. The lowest BCUT2D eigenvalue weighted by molar-refractivity contribution is -0.148. The predicted molar refractivity (Wildman–Crippen MR) is 129 cm³/mol. The van der Waals surface area contributed by atoms with Gasteiger partial charge in [0.2, 0.25) is 0 Å². The lowest BCUT2D eigenvalue weighted by atomic mass is 9.85. The van der Waals surface area contributed by atoms with Crippen LogP contribution in [-0.4, -0.2) is 17.7 Å². The van der Waals surface area contributed by atoms with E-state index in [-0.39, 0.29) is 6.61 Å². The second kappa shape index (κ2) is 10.8. The van der Waals surface area contributed by atoms with E-state index in [1.165, 1.54) is 0 Å². The Hall–Kier alpha value is -3.95. The SMILES string of the molecule is N#Cc1cccc(C2NC(=O)N=C(CCc3ccccc3Cl)C2C(=O)OCc2ccccc2)c1. The summed E-state index contributed by atoms with van der Waals surface area (Å²) in [4.78, 5) is 30.0. The summed E-state index contributed by atoms with van der Waals surface area (Å²) in [6.45, 7) is 0.104. The average Bonchev–Trinajstić information content (AvgIpc) is 2.87. The third-order valence-electron chi connectivity index (χ3n) is 5.68. The van der Waals surface area contributed by atoms with Gasteiger partial charge in [-0.15, -0.1) is 0 Å². The Balaban J connectivity index is 1.63. The highest BCUT2D eigenvalue weighted by molar-refractivity contribution is 6.31. The van der Waals surface area contributed by atoms with E-state index in [4.69, 9.17) is 16.3 Å². The molecule has 34 heavy (non-hydrogen) atoms. The molecule has 7 heteroatoms. The fourth-order valence-corrected chi connectivity index (χ4v) is 4.21. The molecular formula is C27H22ClN3O3. The van der Waals surface area contributed by atoms with Crippen LogP contribution in [0.2, 0.25) is 5.02 Å². The minimum absolute atomic E-state index is 0.104. The van der Waals surface area contributed by atoms with E-state index in [0.29, 0.717) is 34.7 Å². The summed E-state index contributed by atoms with van der Waals surface area (Å²) in [5.74, 6) is -1.33. The van der Waals surface area contributed by atoms with E-state index in [1.807, 2.05) is 48.5 Å². The van der Waals surface area contributed by atoms with Crippen LogP contribution in [0.25, 0.3) is 0 Å². The first-order valence-electron chi connectivity index (χ1n) is 10.9. The number of carbonyl (C=O) groups excluding carboxylic acids is 2. The van der Waals surface area contributed by atoms with Gasteiger partial charge in [0.05, 0.1) is 17.7 Å². The highest BCUT2D eigenvalue weighted by Gasteiger charge is 2.39. The molecular weight excluding hydrogens is 450 g/mol. The number of carbonyl (C=O) groups is 2. The van der Waals surface area contributed by atoms with Crippen molar-refractivity contribution in [1.82, 2.24) is 5.32 Å². The molecule has 4 rings (SSSR count). The molecule has 2 unspecified atom stereocenters. The van der Waals surface area contributed by atoms with Gasteiger partial charge in [0.1, 0.15) is 12.5 Å². The van der Waals surface area contributed by atoms with Crippen LogP contribution in [0.4, 0.5) is 4.79 Å². The van der Waals surface area contributed by atoms with Gasteiger partial charge < -0.3 is 10.1 Å². The smallest absolute Gasteiger partial charge is 0.341 e. The number of amides is 2. The quantitative estimate of drug-likeness (QED) is 0.466. The Bertz CT molecular complexity index is 1270. The van der Waals surface area contributed by atoms with Crippen molar-refractivity contribution in [3.8, 4) is 6.07 Å². The van der Waals surface area contributed by atoms with Gasteiger partial charge >= 0.3 is 12.0 Å². The first-order valence-corrected chi connectivity index (χ1v) is 11.2. The monoisotopic (exact) mass is 471 g/mol. The molecule has 3 aromatic carbocycles. The predicted octanol–water partition coefficient (Wildman–Crippen LogP) is 5.41. The normalized spacial score (nSPS) is 17.3. The molecule has 0 fully saturated rings. The zero-order chi connectivity index (χ0) is 23.9. The van der Waals surface area contributed by atoms with Crippen molar-refractivity contribution in [2.75, 3.05) is 0 Å². The molecule has 2 atom stereocenters. The molecule has 0 radical (unpaired) electrons. The molecule has 2 amide bonds. The molecule has 3 aromatic rings. The molecule has 170 valence electrons. The van der Waals surface area contributed by atoms with Gasteiger partial charge in [0.25, 0.3) is 0 Å². The number of nitriles is 1. The number of nitrogens with one attached hydrogen (secondary N) is 1. The summed E-state index contributed by atoms with van der Waals surface area (Å²) in [6, 6.07) is 24.5. The van der Waals surface area contributed by atoms with Crippen LogP contribution in [0.15, 0.2) is 83.9 Å². The van der Waals surface area contributed by atoms with Crippen molar-refractivity contribution < 1.29 is 14.3 Å². The summed E-state index contributed by atoms with van der Waals surface area (Å²) in [5, 5.41) is 12.7. The Labute approximate surface area is 202 Å². The van der Waals surface area contributed by atoms with Crippen molar-refractivity contribution >= 4 is 29.3 Å². The first-order chi connectivity index (χ1) is 16.5. The topological polar surface area (TPSA) is 91.5 Å². The van der Waals surface area contributed by atoms with Gasteiger partial charge in [0, 0.05) is 10.7 Å². The summed E-state index contributed by atoms with van der Waals surface area (Å²) in [6.07, 6.45) is 0.871. The summed E-state index contributed by atoms with van der Waals surface area (Å²) >= 11 is 6.30. The fraction of sp³-hybridized carbons (Fsp3) is 0.185. The van der Waals surface area contributed by atoms with Gasteiger partial charge in [-0.1, -0.05) is 72.3 Å². The molecule has 0 saturated carbocycles. The summed E-state index contributed by atoms with van der Waals surface area (Å²) in [7, 11) is 0. The molecule has 0 aliphatic carbocycles. The molecule has 6 nitrogen and oxygen atoms in total. The van der Waals surface area contributed by atoms with Gasteiger partial charge in [-0.25, -0.2) is 9.79 Å². The van der Waals surface area contributed by atoms with Crippen molar-refractivity contribution in [2.24, 2.45) is 10.9 Å². The minimum Gasteiger partial charge on any atom is -0.460 e. The number of benzene rings is 3. The van der Waals surface area contributed by atoms with E-state index in [2.05, 4.69) is 16.4 Å². The number of ether oxygens (including phenoxy) is 1. The summed E-state index contributed by atoms with van der Waals surface area (Å²) in [5.41, 5.74) is 3.25. The molecule has 0 aromatic heterocycles. The van der Waals surface area contributed by atoms with Crippen LogP contribution >= 0.6 is 11.6 Å². The highest BCUT2D eigenvalue weighted by atomic mass is 35.5. The fourth-order valence-electron chi connectivity index (χ4n) is 3.98. The van der Waals surface area contributed by atoms with Gasteiger partial charge in [0.15, 0.2) is 0 Å². The molecule has 1 heterocycles. The maximum atomic E-state index is 13.4. The lowest BCUT2D eigenvalue weighted by Crippen LogP contribution is -2.45. The third kappa shape index (κ3) is 5.51. The molecule has 1 aliphatic rings. The van der Waals surface area contributed by atoms with E-state index in [9.17, 15) is 14.9 Å². The van der Waals surface area contributed by atoms with E-state index < -0.39 is 24.0 Å². The number of esters is 1.